The van der Waals surface area contributed by atoms with Gasteiger partial charge in [-0.2, -0.15) is 0 Å². The number of hydrogen-bond donors (Lipinski definition) is 0. The van der Waals surface area contributed by atoms with E-state index in [0.29, 0.717) is 22.4 Å². The third-order valence-corrected chi connectivity index (χ3v) is 3.58. The van der Waals surface area contributed by atoms with Crippen LogP contribution in [0.2, 0.25) is 15.2 Å². The Labute approximate surface area is 127 Å². The Morgan fingerprint density at radius 3 is 2.58 bits per heavy atom. The summed E-state index contributed by atoms with van der Waals surface area (Å²) in [6, 6.07) is 7.38. The molecule has 100 valence electrons. The first kappa shape index (κ1) is 14.4. The van der Waals surface area contributed by atoms with E-state index in [1.54, 1.807) is 12.3 Å². The summed E-state index contributed by atoms with van der Waals surface area (Å²) in [4.78, 5) is 10.5. The highest BCUT2D eigenvalue weighted by Crippen LogP contribution is 2.31. The van der Waals surface area contributed by atoms with Crippen molar-refractivity contribution in [3.05, 3.63) is 51.4 Å². The van der Waals surface area contributed by atoms with Gasteiger partial charge in [0, 0.05) is 12.7 Å². The maximum absolute atomic E-state index is 6.17. The van der Waals surface area contributed by atoms with Crippen molar-refractivity contribution in [2.45, 2.75) is 13.5 Å². The van der Waals surface area contributed by atoms with Gasteiger partial charge in [0.2, 0.25) is 0 Å². The van der Waals surface area contributed by atoms with Crippen molar-refractivity contribution in [2.24, 2.45) is 0 Å². The molecule has 19 heavy (non-hydrogen) atoms. The second kappa shape index (κ2) is 6.42. The van der Waals surface area contributed by atoms with Crippen LogP contribution < -0.4 is 4.90 Å². The molecule has 2 aromatic heterocycles. The van der Waals surface area contributed by atoms with Crippen molar-refractivity contribution < 1.29 is 0 Å². The van der Waals surface area contributed by atoms with Crippen molar-refractivity contribution in [2.75, 3.05) is 11.4 Å². The lowest BCUT2D eigenvalue weighted by Crippen LogP contribution is -2.24. The maximum atomic E-state index is 6.17. The Bertz CT molecular complexity index is 561. The fraction of sp³-hybridized carbons (Fsp3) is 0.231. The molecule has 0 radical (unpaired) electrons. The fourth-order valence-corrected chi connectivity index (χ4v) is 2.29. The molecule has 0 atom stereocenters. The van der Waals surface area contributed by atoms with Gasteiger partial charge >= 0.3 is 0 Å². The smallest absolute Gasteiger partial charge is 0.150 e. The first-order chi connectivity index (χ1) is 9.11. The van der Waals surface area contributed by atoms with Crippen LogP contribution in [0.15, 0.2) is 30.5 Å². The van der Waals surface area contributed by atoms with Crippen molar-refractivity contribution in [3.63, 3.8) is 0 Å². The van der Waals surface area contributed by atoms with Gasteiger partial charge in [-0.15, -0.1) is 0 Å². The topological polar surface area (TPSA) is 29.0 Å². The number of rotatable bonds is 4. The van der Waals surface area contributed by atoms with E-state index in [1.807, 2.05) is 30.0 Å². The molecule has 0 aromatic carbocycles. The van der Waals surface area contributed by atoms with E-state index in [4.69, 9.17) is 34.8 Å². The van der Waals surface area contributed by atoms with Crippen LogP contribution in [0.3, 0.4) is 0 Å². The number of hydrogen-bond acceptors (Lipinski definition) is 3. The zero-order chi connectivity index (χ0) is 13.8. The van der Waals surface area contributed by atoms with Gasteiger partial charge in [0.25, 0.3) is 0 Å². The second-order valence-electron chi connectivity index (χ2n) is 3.90. The van der Waals surface area contributed by atoms with Gasteiger partial charge in [-0.3, -0.25) is 4.98 Å². The number of halogens is 3. The lowest BCUT2D eigenvalue weighted by molar-refractivity contribution is 0.794. The van der Waals surface area contributed by atoms with Gasteiger partial charge in [-0.05, 0) is 25.1 Å². The third kappa shape index (κ3) is 3.50. The molecule has 2 rings (SSSR count). The number of anilines is 1. The molecular formula is C13H12Cl3N3. The predicted molar refractivity (Wildman–Crippen MR) is 80.2 cm³/mol. The van der Waals surface area contributed by atoms with Crippen molar-refractivity contribution in [3.8, 4) is 0 Å². The summed E-state index contributed by atoms with van der Waals surface area (Å²) in [5.41, 5.74) is 0.938. The van der Waals surface area contributed by atoms with Crippen molar-refractivity contribution in [1.82, 2.24) is 9.97 Å². The highest BCUT2D eigenvalue weighted by Gasteiger charge is 2.14. The van der Waals surface area contributed by atoms with Gasteiger partial charge < -0.3 is 4.90 Å². The van der Waals surface area contributed by atoms with Crippen LogP contribution in [0.1, 0.15) is 12.6 Å². The third-order valence-electron chi connectivity index (χ3n) is 2.63. The first-order valence-electron chi connectivity index (χ1n) is 5.78. The zero-order valence-electron chi connectivity index (χ0n) is 10.3. The summed E-state index contributed by atoms with van der Waals surface area (Å²) in [5.74, 6) is 0.615. The van der Waals surface area contributed by atoms with Crippen LogP contribution in [-0.2, 0) is 6.54 Å². The van der Waals surface area contributed by atoms with Crippen LogP contribution in [0.25, 0.3) is 0 Å². The van der Waals surface area contributed by atoms with Gasteiger partial charge in [-0.25, -0.2) is 4.98 Å². The van der Waals surface area contributed by atoms with Crippen LogP contribution in [-0.4, -0.2) is 16.5 Å². The standard InChI is InChI=1S/C13H12Cl3N3/c1-2-19(8-9-5-3-4-6-17-9)13-11(15)7-10(14)12(16)18-13/h3-7H,2,8H2,1H3. The summed E-state index contributed by atoms with van der Waals surface area (Å²) < 4.78 is 0. The van der Waals surface area contributed by atoms with Gasteiger partial charge in [0.05, 0.1) is 22.3 Å². The maximum Gasteiger partial charge on any atom is 0.150 e. The molecule has 0 amide bonds. The number of pyridine rings is 2. The molecule has 0 saturated carbocycles. The summed E-state index contributed by atoms with van der Waals surface area (Å²) in [5, 5.41) is 1.08. The van der Waals surface area contributed by atoms with E-state index in [1.165, 1.54) is 0 Å². The molecule has 0 aliphatic rings. The van der Waals surface area contributed by atoms with Gasteiger partial charge in [0.15, 0.2) is 0 Å². The molecule has 0 N–H and O–H groups in total. The van der Waals surface area contributed by atoms with E-state index < -0.39 is 0 Å². The Kier molecular flexibility index (Phi) is 4.86. The fourth-order valence-electron chi connectivity index (χ4n) is 1.68. The lowest BCUT2D eigenvalue weighted by atomic mass is 10.3. The molecule has 3 nitrogen and oxygen atoms in total. The summed E-state index contributed by atoms with van der Waals surface area (Å²) in [6.45, 7) is 3.37. The molecule has 0 spiro atoms. The number of nitrogens with zero attached hydrogens (tertiary/aromatic N) is 3. The van der Waals surface area contributed by atoms with E-state index in [9.17, 15) is 0 Å². The highest BCUT2D eigenvalue weighted by molar-refractivity contribution is 6.42. The van der Waals surface area contributed by atoms with Crippen LogP contribution in [0, 0.1) is 0 Å². The zero-order valence-corrected chi connectivity index (χ0v) is 12.5. The quantitative estimate of drug-likeness (QED) is 0.780. The van der Waals surface area contributed by atoms with Gasteiger partial charge in [-0.1, -0.05) is 40.9 Å². The second-order valence-corrected chi connectivity index (χ2v) is 5.07. The summed E-state index contributed by atoms with van der Waals surface area (Å²) in [7, 11) is 0. The Hall–Kier alpha value is -1.03. The molecule has 0 unspecified atom stereocenters. The molecule has 0 bridgehead atoms. The van der Waals surface area contributed by atoms with Crippen LogP contribution in [0.4, 0.5) is 5.82 Å². The van der Waals surface area contributed by atoms with Gasteiger partial charge in [0.1, 0.15) is 11.0 Å². The molecule has 0 fully saturated rings. The molecular weight excluding hydrogens is 305 g/mol. The van der Waals surface area contributed by atoms with Crippen molar-refractivity contribution >= 4 is 40.6 Å². The average Bonchev–Trinajstić information content (AvgIpc) is 2.42. The molecule has 2 heterocycles. The molecule has 0 saturated heterocycles. The van der Waals surface area contributed by atoms with E-state index in [-0.39, 0.29) is 5.15 Å². The van der Waals surface area contributed by atoms with Crippen molar-refractivity contribution in [1.29, 1.82) is 0 Å². The largest absolute Gasteiger partial charge is 0.350 e. The van der Waals surface area contributed by atoms with E-state index in [2.05, 4.69) is 9.97 Å². The minimum absolute atomic E-state index is 0.250. The minimum Gasteiger partial charge on any atom is -0.350 e. The highest BCUT2D eigenvalue weighted by atomic mass is 35.5. The Balaban J connectivity index is 2.30. The van der Waals surface area contributed by atoms with Crippen LogP contribution in [0.5, 0.6) is 0 Å². The monoisotopic (exact) mass is 315 g/mol. The van der Waals surface area contributed by atoms with Crippen LogP contribution >= 0.6 is 34.8 Å². The minimum atomic E-state index is 0.250. The summed E-state index contributed by atoms with van der Waals surface area (Å²) in [6.07, 6.45) is 1.76. The lowest BCUT2D eigenvalue weighted by Gasteiger charge is -2.22. The average molecular weight is 317 g/mol. The molecule has 0 aliphatic carbocycles. The SMILES string of the molecule is CCN(Cc1ccccn1)c1nc(Cl)c(Cl)cc1Cl. The molecule has 2 aromatic rings. The van der Waals surface area contributed by atoms with E-state index in [0.717, 1.165) is 12.2 Å². The Morgan fingerprint density at radius 1 is 1.16 bits per heavy atom. The molecule has 0 aliphatic heterocycles. The normalized spacial score (nSPS) is 10.5. The predicted octanol–water partition coefficient (Wildman–Crippen LogP) is 4.46. The Morgan fingerprint density at radius 2 is 1.95 bits per heavy atom. The first-order valence-corrected chi connectivity index (χ1v) is 6.91. The number of aromatic nitrogens is 2. The summed E-state index contributed by atoms with van der Waals surface area (Å²) >= 11 is 18.0. The van der Waals surface area contributed by atoms with E-state index >= 15 is 0 Å². The molecule has 6 heteroatoms.